The Balaban J connectivity index is 0.000000201. The van der Waals surface area contributed by atoms with Crippen molar-refractivity contribution in [3.8, 4) is 0 Å². The quantitative estimate of drug-likeness (QED) is 0.0329. The Morgan fingerprint density at radius 3 is 0.891 bits per heavy atom. The van der Waals surface area contributed by atoms with Crippen molar-refractivity contribution in [2.45, 2.75) is 423 Å². The molecule has 13 rings (SSSR count). The normalized spacial score (nSPS) is 26.9. The minimum atomic E-state index is -0.656. The fraction of sp³-hybridized carbons (Fsp3) is 0.899. The Kier molecular flexibility index (Phi) is 36.3. The van der Waals surface area contributed by atoms with Crippen LogP contribution in [0.25, 0.3) is 0 Å². The maximum Gasteiger partial charge on any atom is 0.344 e. The molecule has 0 radical (unpaired) electrons. The molecule has 13 aliphatic rings. The molecule has 2 unspecified atom stereocenters. The first-order valence-electron chi connectivity index (χ1n) is 48.1. The highest BCUT2D eigenvalue weighted by Crippen LogP contribution is 2.67. The fourth-order valence-electron chi connectivity index (χ4n) is 24.2. The van der Waals surface area contributed by atoms with E-state index in [2.05, 4.69) is 27.7 Å². The van der Waals surface area contributed by atoms with Gasteiger partial charge in [0.2, 0.25) is 0 Å². The summed E-state index contributed by atoms with van der Waals surface area (Å²) < 4.78 is 56.4. The third kappa shape index (κ3) is 25.3. The van der Waals surface area contributed by atoms with E-state index in [9.17, 15) is 47.9 Å². The van der Waals surface area contributed by atoms with Crippen LogP contribution in [0.1, 0.15) is 401 Å². The van der Waals surface area contributed by atoms with E-state index < -0.39 is 74.8 Å². The van der Waals surface area contributed by atoms with Crippen LogP contribution < -0.4 is 0 Å². The lowest BCUT2D eigenvalue weighted by atomic mass is 9.44. The Labute approximate surface area is 717 Å². The van der Waals surface area contributed by atoms with Crippen molar-refractivity contribution in [3.63, 3.8) is 0 Å². The number of rotatable bonds is 34. The lowest BCUT2D eigenvalue weighted by Crippen LogP contribution is -2.59. The standard InChI is InChI=1S/C31H48O8.C23H38O4.C23H40O4.C22H38O4/c1-6-29(2,3)28(35)37-12-11-36-26(33)23-9-7-8-10-24(23)27(34)38-19-25(32)39-30(4,5)31-16-20-13-21(17-31)15-22(14-20)18-31;1-6-21(4,5)20(25)26-15-19(24)27-23(7-2,8-3)22-12-16-9-17(13-22)11-18(10-16)14-22;1-5-22(3,4)21(25)26-17-20(24)27-23(6-2,18-13-9-7-10-14-18)19-15-11-8-12-16-19;1-5-21(2,3)20(24)25-16-19(23)26-22(4,17-12-8-6-9-13-17)18-14-10-7-11-15-18/h20-24H,6-19H2,1-5H3;16-18H,6-15H2,1-5H3;18-19H,5-17H2,1-4H3;17-18H,5-16H2,1-4H3. The van der Waals surface area contributed by atoms with Crippen LogP contribution >= 0.6 is 0 Å². The van der Waals surface area contributed by atoms with Gasteiger partial charge in [-0.1, -0.05) is 138 Å². The van der Waals surface area contributed by atoms with Crippen LogP contribution in [0.5, 0.6) is 0 Å². The maximum atomic E-state index is 13.0. The van der Waals surface area contributed by atoms with Crippen LogP contribution in [0, 0.1) is 104 Å². The van der Waals surface area contributed by atoms with Gasteiger partial charge in [0, 0.05) is 10.8 Å². The molecule has 0 amide bonds. The summed E-state index contributed by atoms with van der Waals surface area (Å²) in [7, 11) is 0. The summed E-state index contributed by atoms with van der Waals surface area (Å²) in [6.07, 6.45) is 47.1. The highest BCUT2D eigenvalue weighted by molar-refractivity contribution is 5.84. The number of carbonyl (C=O) groups is 10. The summed E-state index contributed by atoms with van der Waals surface area (Å²) in [6.45, 7) is 33.8. The molecule has 8 bridgehead atoms. The molecule has 0 aromatic carbocycles. The van der Waals surface area contributed by atoms with Gasteiger partial charge in [0.05, 0.1) is 33.5 Å². The SMILES string of the molecule is CCC(C)(C)C(=O)OCC(=O)OC(C)(C1CCCCC1)C1CCCCC1.CCC(C)(C)C(=O)OCC(=O)OC(CC)(C1CCCCC1)C1CCCCC1.CCC(C)(C)C(=O)OCC(=O)OC(CC)(CC)C12CC3CC(CC(C3)C1)C2.CCC(C)(C)C(=O)OCCOC(=O)C1CCCCC1C(=O)OCC(=O)OC(C)(C)C12CC3CC(CC(C3)C1)C2. The van der Waals surface area contributed by atoms with E-state index in [1.165, 1.54) is 135 Å². The summed E-state index contributed by atoms with van der Waals surface area (Å²) in [6, 6.07) is 0. The van der Waals surface area contributed by atoms with Gasteiger partial charge in [0.25, 0.3) is 0 Å². The predicted molar refractivity (Wildman–Crippen MR) is 458 cm³/mol. The zero-order chi connectivity index (χ0) is 87.4. The molecule has 0 aromatic rings. The smallest absolute Gasteiger partial charge is 0.344 e. The van der Waals surface area contributed by atoms with E-state index in [1.807, 2.05) is 83.1 Å². The topological polar surface area (TPSA) is 263 Å². The minimum Gasteiger partial charge on any atom is -0.462 e. The van der Waals surface area contributed by atoms with E-state index >= 15 is 0 Å². The van der Waals surface area contributed by atoms with Gasteiger partial charge < -0.3 is 47.4 Å². The van der Waals surface area contributed by atoms with Crippen LogP contribution in [0.4, 0.5) is 0 Å². The highest BCUT2D eigenvalue weighted by Gasteiger charge is 2.62. The summed E-state index contributed by atoms with van der Waals surface area (Å²) in [4.78, 5) is 125. The molecule has 119 heavy (non-hydrogen) atoms. The lowest BCUT2D eigenvalue weighted by molar-refractivity contribution is -0.215. The highest BCUT2D eigenvalue weighted by atomic mass is 16.6. The Hall–Kier alpha value is -5.30. The molecule has 0 heterocycles. The van der Waals surface area contributed by atoms with Crippen molar-refractivity contribution >= 4 is 59.7 Å². The zero-order valence-corrected chi connectivity index (χ0v) is 77.7. The molecule has 680 valence electrons. The zero-order valence-electron chi connectivity index (χ0n) is 77.7. The van der Waals surface area contributed by atoms with Crippen LogP contribution in [0.15, 0.2) is 0 Å². The van der Waals surface area contributed by atoms with E-state index in [0.29, 0.717) is 62.2 Å². The Morgan fingerprint density at radius 1 is 0.277 bits per heavy atom. The molecule has 20 nitrogen and oxygen atoms in total. The van der Waals surface area contributed by atoms with E-state index in [1.54, 1.807) is 13.8 Å². The molecule has 13 fully saturated rings. The van der Waals surface area contributed by atoms with Crippen molar-refractivity contribution in [2.24, 2.45) is 104 Å². The van der Waals surface area contributed by atoms with Gasteiger partial charge in [-0.3, -0.25) is 28.8 Å². The maximum absolute atomic E-state index is 13.0. The molecule has 13 saturated carbocycles. The van der Waals surface area contributed by atoms with E-state index in [0.717, 1.165) is 138 Å². The van der Waals surface area contributed by atoms with Gasteiger partial charge in [-0.05, 0) is 322 Å². The second-order valence-electron chi connectivity index (χ2n) is 42.4. The third-order valence-electron chi connectivity index (χ3n) is 32.7. The van der Waals surface area contributed by atoms with Crippen LogP contribution in [0.3, 0.4) is 0 Å². The predicted octanol–water partition coefficient (Wildman–Crippen LogP) is 21.9. The summed E-state index contributed by atoms with van der Waals surface area (Å²) in [5.41, 5.74) is -3.93. The van der Waals surface area contributed by atoms with Gasteiger partial charge >= 0.3 is 59.7 Å². The summed E-state index contributed by atoms with van der Waals surface area (Å²) in [5, 5.41) is 0. The third-order valence-corrected chi connectivity index (χ3v) is 32.7. The second-order valence-corrected chi connectivity index (χ2v) is 42.4. The van der Waals surface area contributed by atoms with Crippen LogP contribution in [0.2, 0.25) is 0 Å². The van der Waals surface area contributed by atoms with E-state index in [-0.39, 0.29) is 91.3 Å². The largest absolute Gasteiger partial charge is 0.462 e. The van der Waals surface area contributed by atoms with Crippen molar-refractivity contribution in [2.75, 3.05) is 39.6 Å². The van der Waals surface area contributed by atoms with Crippen molar-refractivity contribution in [1.82, 2.24) is 0 Å². The molecule has 0 spiro atoms. The molecule has 13 aliphatic carbocycles. The van der Waals surface area contributed by atoms with Crippen molar-refractivity contribution in [3.05, 3.63) is 0 Å². The molecule has 0 aliphatic heterocycles. The molecular weight excluding hydrogens is 1510 g/mol. The molecule has 0 saturated heterocycles. The first kappa shape index (κ1) is 99.1. The fourth-order valence-corrected chi connectivity index (χ4v) is 24.2. The van der Waals surface area contributed by atoms with E-state index in [4.69, 9.17) is 47.4 Å². The van der Waals surface area contributed by atoms with Crippen molar-refractivity contribution in [1.29, 1.82) is 0 Å². The van der Waals surface area contributed by atoms with Gasteiger partial charge in [-0.2, -0.15) is 0 Å². The Bertz CT molecular complexity index is 3200. The monoisotopic (exact) mass is 1670 g/mol. The van der Waals surface area contributed by atoms with Crippen molar-refractivity contribution < 1.29 is 95.3 Å². The summed E-state index contributed by atoms with van der Waals surface area (Å²) >= 11 is 0. The van der Waals surface area contributed by atoms with Gasteiger partial charge in [-0.25, -0.2) is 19.2 Å². The second kappa shape index (κ2) is 43.5. The molecule has 20 heteroatoms. The van der Waals surface area contributed by atoms with Crippen LogP contribution in [-0.2, 0) is 95.3 Å². The molecule has 0 aromatic heterocycles. The molecule has 2 atom stereocenters. The number of ether oxygens (including phenoxy) is 10. The molecular formula is C99H164O20. The lowest BCUT2D eigenvalue weighted by Gasteiger charge is -2.63. The number of hydrogen-bond donors (Lipinski definition) is 0. The first-order valence-corrected chi connectivity index (χ1v) is 48.1. The minimum absolute atomic E-state index is 0.0141. The average Bonchev–Trinajstić information content (AvgIpc) is 0.719. The Morgan fingerprint density at radius 2 is 0.555 bits per heavy atom. The van der Waals surface area contributed by atoms with Gasteiger partial charge in [-0.15, -0.1) is 0 Å². The average molecular weight is 1670 g/mol. The number of hydrogen-bond acceptors (Lipinski definition) is 20. The summed E-state index contributed by atoms with van der Waals surface area (Å²) in [5.74, 6) is 1.14. The first-order chi connectivity index (χ1) is 56.2. The van der Waals surface area contributed by atoms with Gasteiger partial charge in [0.15, 0.2) is 26.4 Å². The molecule has 0 N–H and O–H groups in total. The number of esters is 10. The van der Waals surface area contributed by atoms with Crippen LogP contribution in [-0.4, -0.2) is 122 Å². The number of carbonyl (C=O) groups excluding carboxylic acids is 10. The van der Waals surface area contributed by atoms with Gasteiger partial charge in [0.1, 0.15) is 35.6 Å².